The Morgan fingerprint density at radius 1 is 1.12 bits per heavy atom. The van der Waals surface area contributed by atoms with Gasteiger partial charge >= 0.3 is 5.97 Å². The molecule has 2 aromatic carbocycles. The molecule has 9 nitrogen and oxygen atoms in total. The predicted octanol–water partition coefficient (Wildman–Crippen LogP) is 8.18. The van der Waals surface area contributed by atoms with Crippen molar-refractivity contribution in [2.24, 2.45) is 0 Å². The van der Waals surface area contributed by atoms with Crippen molar-refractivity contribution < 1.29 is 28.1 Å². The normalized spacial score (nSPS) is 20.7. The minimum Gasteiger partial charge on any atom is -0.490 e. The number of fused-ring (bicyclic) bond motifs is 7. The Bertz CT molecular complexity index is 1840. The topological polar surface area (TPSA) is 87.4 Å². The van der Waals surface area contributed by atoms with Crippen molar-refractivity contribution >= 4 is 17.4 Å². The molecule has 3 aliphatic heterocycles. The van der Waals surface area contributed by atoms with Gasteiger partial charge in [-0.3, -0.25) is 0 Å². The van der Waals surface area contributed by atoms with Gasteiger partial charge in [0.15, 0.2) is 11.8 Å². The zero-order valence-electron chi connectivity index (χ0n) is 30.1. The fourth-order valence-electron chi connectivity index (χ4n) is 6.88. The molecule has 4 aromatic rings. The Morgan fingerprint density at radius 2 is 1.86 bits per heavy atom. The third-order valence-corrected chi connectivity index (χ3v) is 9.34. The van der Waals surface area contributed by atoms with Gasteiger partial charge < -0.3 is 23.8 Å². The first-order valence-corrected chi connectivity index (χ1v) is 17.5. The lowest BCUT2D eigenvalue weighted by Crippen LogP contribution is -2.46. The quantitative estimate of drug-likeness (QED) is 0.201. The van der Waals surface area contributed by atoms with Crippen LogP contribution in [0, 0.1) is 19.7 Å². The lowest BCUT2D eigenvalue weighted by Gasteiger charge is -2.41. The number of carbonyl (C=O) groups is 1. The van der Waals surface area contributed by atoms with Crippen LogP contribution in [0.25, 0.3) is 28.0 Å². The Balaban J connectivity index is 1.57. The van der Waals surface area contributed by atoms with Crippen molar-refractivity contribution in [1.29, 1.82) is 0 Å². The number of anilines is 1. The zero-order chi connectivity index (χ0) is 35.1. The van der Waals surface area contributed by atoms with Crippen molar-refractivity contribution in [3.63, 3.8) is 0 Å². The van der Waals surface area contributed by atoms with Crippen molar-refractivity contribution in [2.45, 2.75) is 104 Å². The Hall–Kier alpha value is -4.02. The van der Waals surface area contributed by atoms with Crippen molar-refractivity contribution in [1.82, 2.24) is 14.6 Å². The molecule has 6 bridgehead atoms. The highest BCUT2D eigenvalue weighted by Crippen LogP contribution is 2.40. The van der Waals surface area contributed by atoms with Crippen LogP contribution in [0.15, 0.2) is 42.5 Å². The summed E-state index contributed by atoms with van der Waals surface area (Å²) in [6, 6.07) is 13.1. The molecule has 7 rings (SSSR count). The molecule has 1 fully saturated rings. The number of piperidine rings is 1. The molecule has 0 radical (unpaired) electrons. The molecule has 0 N–H and O–H groups in total. The van der Waals surface area contributed by atoms with Crippen LogP contribution >= 0.6 is 0 Å². The summed E-state index contributed by atoms with van der Waals surface area (Å²) >= 11 is 0. The van der Waals surface area contributed by atoms with Gasteiger partial charge in [-0.1, -0.05) is 18.2 Å². The number of ether oxygens (including phenoxy) is 4. The molecule has 0 spiro atoms. The number of aryl methyl sites for hydroxylation is 2. The number of halogens is 1. The smallest absolute Gasteiger partial charge is 0.340 e. The fraction of sp³-hybridized carbons (Fsp3) is 0.513. The number of esters is 1. The van der Waals surface area contributed by atoms with E-state index in [1.165, 1.54) is 0 Å². The first-order chi connectivity index (χ1) is 23.2. The number of aromatic nitrogens is 3. The summed E-state index contributed by atoms with van der Waals surface area (Å²) in [7, 11) is 0. The molecule has 3 aliphatic rings. The van der Waals surface area contributed by atoms with Gasteiger partial charge in [-0.25, -0.2) is 14.2 Å². The number of nitrogens with zero attached hydrogens (tertiary/aromatic N) is 4. The van der Waals surface area contributed by atoms with Crippen molar-refractivity contribution in [2.75, 3.05) is 31.2 Å². The SMILES string of the molecule is CCOC(=O)C(OC(C)(C)C)c1c(C)nc2cc3nn2c1N1CCC(C)(CC1)OCCCC(C)Oc1cc(C)cc(F)c1-c1cccc-3c1. The molecule has 10 heteroatoms. The van der Waals surface area contributed by atoms with Gasteiger partial charge in [-0.15, -0.1) is 0 Å². The zero-order valence-corrected chi connectivity index (χ0v) is 30.1. The van der Waals surface area contributed by atoms with Crippen molar-refractivity contribution in [3.05, 3.63) is 65.1 Å². The number of hydrogen-bond acceptors (Lipinski definition) is 8. The third kappa shape index (κ3) is 7.45. The number of rotatable bonds is 4. The maximum Gasteiger partial charge on any atom is 0.340 e. The molecular weight excluding hydrogens is 623 g/mol. The highest BCUT2D eigenvalue weighted by atomic mass is 19.1. The summed E-state index contributed by atoms with van der Waals surface area (Å²) in [4.78, 5) is 20.9. The first-order valence-electron chi connectivity index (χ1n) is 17.5. The van der Waals surface area contributed by atoms with Crippen LogP contribution in [-0.2, 0) is 19.0 Å². The highest BCUT2D eigenvalue weighted by molar-refractivity contribution is 5.81. The van der Waals surface area contributed by atoms with Gasteiger partial charge in [-0.2, -0.15) is 9.61 Å². The largest absolute Gasteiger partial charge is 0.490 e. The lowest BCUT2D eigenvalue weighted by atomic mass is 9.92. The summed E-state index contributed by atoms with van der Waals surface area (Å²) < 4.78 is 42.6. The summed E-state index contributed by atoms with van der Waals surface area (Å²) in [6.45, 7) is 17.7. The molecule has 0 amide bonds. The molecule has 5 heterocycles. The Labute approximate surface area is 288 Å². The molecule has 2 unspecified atom stereocenters. The monoisotopic (exact) mass is 672 g/mol. The molecule has 0 saturated carbocycles. The molecule has 49 heavy (non-hydrogen) atoms. The molecule has 1 saturated heterocycles. The standard InChI is InChI=1S/C39H49FN4O5/c1-9-46-37(45)35(49-38(5,6)7)33-26(4)41-32-23-30-27-13-10-14-28(22-27)34-29(40)20-24(2)21-31(34)48-25(3)12-11-19-47-39(8)15-17-43(18-16-39)36(33)44(32)42-30/h10,13-14,20-23,25,35H,9,11-12,15-19H2,1-8H3. The van der Waals surface area contributed by atoms with Crippen LogP contribution < -0.4 is 9.64 Å². The first kappa shape index (κ1) is 34.8. The second kappa shape index (κ2) is 13.7. The van der Waals surface area contributed by atoms with E-state index in [0.29, 0.717) is 59.2 Å². The van der Waals surface area contributed by atoms with Crippen LogP contribution in [0.2, 0.25) is 0 Å². The lowest BCUT2D eigenvalue weighted by molar-refractivity contribution is -0.166. The van der Waals surface area contributed by atoms with E-state index < -0.39 is 17.7 Å². The van der Waals surface area contributed by atoms with Crippen LogP contribution in [0.4, 0.5) is 10.2 Å². The second-order valence-electron chi connectivity index (χ2n) is 14.7. The summed E-state index contributed by atoms with van der Waals surface area (Å²) in [5.74, 6) is 0.462. The number of hydrogen-bond donors (Lipinski definition) is 0. The fourth-order valence-corrected chi connectivity index (χ4v) is 6.88. The van der Waals surface area contributed by atoms with E-state index in [1.54, 1.807) is 13.0 Å². The highest BCUT2D eigenvalue weighted by Gasteiger charge is 2.38. The van der Waals surface area contributed by atoms with Crippen LogP contribution in [-0.4, -0.2) is 64.2 Å². The minimum absolute atomic E-state index is 0.130. The minimum atomic E-state index is -1.01. The van der Waals surface area contributed by atoms with E-state index in [9.17, 15) is 4.79 Å². The van der Waals surface area contributed by atoms with Gasteiger partial charge in [0.05, 0.1) is 40.7 Å². The van der Waals surface area contributed by atoms with Gasteiger partial charge in [-0.05, 0) is 110 Å². The summed E-state index contributed by atoms with van der Waals surface area (Å²) in [6.07, 6.45) is 2.01. The van der Waals surface area contributed by atoms with E-state index in [1.807, 2.05) is 82.5 Å². The Morgan fingerprint density at radius 3 is 2.57 bits per heavy atom. The van der Waals surface area contributed by atoms with Gasteiger partial charge in [0.1, 0.15) is 17.4 Å². The molecular formula is C39H49FN4O5. The average molecular weight is 673 g/mol. The third-order valence-electron chi connectivity index (χ3n) is 9.34. The molecule has 262 valence electrons. The second-order valence-corrected chi connectivity index (χ2v) is 14.7. The number of carbonyl (C=O) groups excluding carboxylic acids is 1. The van der Waals surface area contributed by atoms with Gasteiger partial charge in [0, 0.05) is 37.0 Å². The van der Waals surface area contributed by atoms with E-state index in [4.69, 9.17) is 29.0 Å². The number of benzene rings is 2. The van der Waals surface area contributed by atoms with Crippen LogP contribution in [0.5, 0.6) is 5.75 Å². The molecule has 2 atom stereocenters. The predicted molar refractivity (Wildman–Crippen MR) is 189 cm³/mol. The molecule has 0 aliphatic carbocycles. The maximum atomic E-state index is 15.8. The van der Waals surface area contributed by atoms with E-state index in [-0.39, 0.29) is 24.1 Å². The average Bonchev–Trinajstić information content (AvgIpc) is 3.45. The van der Waals surface area contributed by atoms with E-state index >= 15 is 4.39 Å². The van der Waals surface area contributed by atoms with Gasteiger partial charge in [0.2, 0.25) is 0 Å². The van der Waals surface area contributed by atoms with Crippen LogP contribution in [0.3, 0.4) is 0 Å². The maximum absolute atomic E-state index is 15.8. The van der Waals surface area contributed by atoms with Gasteiger partial charge in [0.25, 0.3) is 0 Å². The summed E-state index contributed by atoms with van der Waals surface area (Å²) in [5.41, 5.74) is 4.35. The molecule has 2 aromatic heterocycles. The van der Waals surface area contributed by atoms with E-state index in [0.717, 1.165) is 42.6 Å². The summed E-state index contributed by atoms with van der Waals surface area (Å²) in [5, 5.41) is 5.12. The van der Waals surface area contributed by atoms with E-state index in [2.05, 4.69) is 11.8 Å². The van der Waals surface area contributed by atoms with Crippen molar-refractivity contribution in [3.8, 4) is 28.1 Å². The van der Waals surface area contributed by atoms with Crippen LogP contribution in [0.1, 0.15) is 90.2 Å². The Kier molecular flexibility index (Phi) is 9.74.